The highest BCUT2D eigenvalue weighted by Gasteiger charge is 2.22. The average Bonchev–Trinajstić information content (AvgIpc) is 2.89. The predicted octanol–water partition coefficient (Wildman–Crippen LogP) is 2.85. The summed E-state index contributed by atoms with van der Waals surface area (Å²) in [7, 11) is 0. The van der Waals surface area contributed by atoms with Crippen LogP contribution in [-0.2, 0) is 9.53 Å². The van der Waals surface area contributed by atoms with Crippen LogP contribution < -0.4 is 4.74 Å². The fourth-order valence-corrected chi connectivity index (χ4v) is 1.95. The second-order valence-electron chi connectivity index (χ2n) is 4.62. The van der Waals surface area contributed by atoms with Gasteiger partial charge in [0.05, 0.1) is 13.0 Å². The first-order valence-corrected chi connectivity index (χ1v) is 6.90. The van der Waals surface area contributed by atoms with Crippen LogP contribution in [0.25, 0.3) is 6.08 Å². The third kappa shape index (κ3) is 3.58. The number of hydrogen-bond donors (Lipinski definition) is 0. The number of hydrogen-bond acceptors (Lipinski definition) is 5. The molecule has 0 N–H and O–H groups in total. The van der Waals surface area contributed by atoms with E-state index in [-0.39, 0.29) is 5.70 Å². The summed E-state index contributed by atoms with van der Waals surface area (Å²) in [5, 5.41) is 0. The number of benzene rings is 1. The summed E-state index contributed by atoms with van der Waals surface area (Å²) in [6.45, 7) is 0.399. The highest BCUT2D eigenvalue weighted by Crippen LogP contribution is 2.17. The fraction of sp³-hybridized carbons (Fsp3) is 0.118. The van der Waals surface area contributed by atoms with E-state index in [1.807, 2.05) is 36.4 Å². The number of esters is 1. The van der Waals surface area contributed by atoms with Crippen LogP contribution >= 0.6 is 0 Å². The van der Waals surface area contributed by atoms with Crippen LogP contribution in [0.5, 0.6) is 5.75 Å². The Labute approximate surface area is 127 Å². The maximum atomic E-state index is 11.8. The normalized spacial score (nSPS) is 15.5. The minimum atomic E-state index is -0.446. The first-order valence-electron chi connectivity index (χ1n) is 6.90. The average molecular weight is 294 g/mol. The first kappa shape index (κ1) is 14.0. The third-order valence-corrected chi connectivity index (χ3v) is 2.98. The van der Waals surface area contributed by atoms with Crippen LogP contribution in [0.1, 0.15) is 12.0 Å². The lowest BCUT2D eigenvalue weighted by Gasteiger charge is -2.04. The van der Waals surface area contributed by atoms with Crippen LogP contribution in [0, 0.1) is 0 Å². The second-order valence-corrected chi connectivity index (χ2v) is 4.62. The van der Waals surface area contributed by atoms with E-state index in [1.165, 1.54) is 0 Å². The molecule has 0 saturated heterocycles. The Kier molecular flexibility index (Phi) is 4.25. The topological polar surface area (TPSA) is 60.8 Å². The Morgan fingerprint density at radius 2 is 2.00 bits per heavy atom. The lowest BCUT2D eigenvalue weighted by Crippen LogP contribution is -2.08. The quantitative estimate of drug-likeness (QED) is 0.628. The monoisotopic (exact) mass is 294 g/mol. The highest BCUT2D eigenvalue weighted by atomic mass is 16.6. The number of aromatic nitrogens is 1. The van der Waals surface area contributed by atoms with E-state index >= 15 is 0 Å². The molecule has 0 aliphatic carbocycles. The van der Waals surface area contributed by atoms with Gasteiger partial charge in [-0.2, -0.15) is 0 Å². The molecule has 1 aromatic carbocycles. The Morgan fingerprint density at radius 3 is 2.77 bits per heavy atom. The van der Waals surface area contributed by atoms with Crippen molar-refractivity contribution in [2.24, 2.45) is 4.99 Å². The van der Waals surface area contributed by atoms with Crippen molar-refractivity contribution in [3.05, 3.63) is 66.1 Å². The summed E-state index contributed by atoms with van der Waals surface area (Å²) >= 11 is 0. The van der Waals surface area contributed by atoms with Gasteiger partial charge in [0, 0.05) is 12.4 Å². The number of nitrogens with zero attached hydrogens (tertiary/aromatic N) is 2. The molecule has 3 rings (SSSR count). The summed E-state index contributed by atoms with van der Waals surface area (Å²) in [5.74, 6) is 0.702. The molecule has 5 nitrogen and oxygen atoms in total. The van der Waals surface area contributed by atoms with Crippen molar-refractivity contribution in [1.29, 1.82) is 0 Å². The number of rotatable bonds is 5. The number of carbonyl (C=O) groups is 1. The molecule has 0 unspecified atom stereocenters. The van der Waals surface area contributed by atoms with Gasteiger partial charge in [-0.15, -0.1) is 0 Å². The fourth-order valence-electron chi connectivity index (χ4n) is 1.95. The molecule has 0 fully saturated rings. The van der Waals surface area contributed by atoms with Gasteiger partial charge in [0.1, 0.15) is 5.75 Å². The minimum Gasteiger partial charge on any atom is -0.493 e. The van der Waals surface area contributed by atoms with Gasteiger partial charge in [-0.25, -0.2) is 9.79 Å². The number of aliphatic imine (C=N–C) groups is 1. The van der Waals surface area contributed by atoms with E-state index in [9.17, 15) is 4.79 Å². The zero-order chi connectivity index (χ0) is 15.2. The molecule has 110 valence electrons. The number of pyridine rings is 1. The number of para-hydroxylation sites is 1. The summed E-state index contributed by atoms with van der Waals surface area (Å²) < 4.78 is 10.7. The molecular weight excluding hydrogens is 280 g/mol. The van der Waals surface area contributed by atoms with Crippen molar-refractivity contribution in [1.82, 2.24) is 4.98 Å². The summed E-state index contributed by atoms with van der Waals surface area (Å²) in [6.07, 6.45) is 5.42. The summed E-state index contributed by atoms with van der Waals surface area (Å²) in [5.41, 5.74) is 1.09. The number of ether oxygens (including phenoxy) is 2. The van der Waals surface area contributed by atoms with E-state index < -0.39 is 5.97 Å². The molecule has 5 heteroatoms. The Morgan fingerprint density at radius 1 is 1.14 bits per heavy atom. The van der Waals surface area contributed by atoms with E-state index in [0.29, 0.717) is 18.9 Å². The molecule has 0 atom stereocenters. The molecule has 0 bridgehead atoms. The van der Waals surface area contributed by atoms with Crippen LogP contribution in [0.2, 0.25) is 0 Å². The lowest BCUT2D eigenvalue weighted by atomic mass is 10.2. The molecule has 22 heavy (non-hydrogen) atoms. The number of cyclic esters (lactones) is 1. The van der Waals surface area contributed by atoms with Gasteiger partial charge in [-0.1, -0.05) is 24.3 Å². The third-order valence-electron chi connectivity index (χ3n) is 2.98. The predicted molar refractivity (Wildman–Crippen MR) is 82.3 cm³/mol. The summed E-state index contributed by atoms with van der Waals surface area (Å²) in [4.78, 5) is 19.9. The molecular formula is C17H14N2O3. The van der Waals surface area contributed by atoms with Gasteiger partial charge in [0.15, 0.2) is 5.70 Å². The molecule has 0 amide bonds. The van der Waals surface area contributed by atoms with E-state index in [1.54, 1.807) is 24.5 Å². The van der Waals surface area contributed by atoms with Crippen molar-refractivity contribution in [3.8, 4) is 5.75 Å². The smallest absolute Gasteiger partial charge is 0.363 e. The van der Waals surface area contributed by atoms with Gasteiger partial charge in [-0.3, -0.25) is 4.98 Å². The molecule has 2 aromatic rings. The van der Waals surface area contributed by atoms with E-state index in [2.05, 4.69) is 9.98 Å². The lowest BCUT2D eigenvalue weighted by molar-refractivity contribution is -0.130. The Bertz CT molecular complexity index is 709. The second kappa shape index (κ2) is 6.67. The van der Waals surface area contributed by atoms with Gasteiger partial charge in [0.25, 0.3) is 0 Å². The first-order chi connectivity index (χ1) is 10.8. The van der Waals surface area contributed by atoms with Crippen molar-refractivity contribution < 1.29 is 14.3 Å². The summed E-state index contributed by atoms with van der Waals surface area (Å²) in [6, 6.07) is 13.1. The maximum absolute atomic E-state index is 11.8. The molecule has 0 spiro atoms. The molecule has 1 aromatic heterocycles. The van der Waals surface area contributed by atoms with Crippen LogP contribution in [0.3, 0.4) is 0 Å². The maximum Gasteiger partial charge on any atom is 0.363 e. The van der Waals surface area contributed by atoms with Crippen molar-refractivity contribution >= 4 is 17.9 Å². The van der Waals surface area contributed by atoms with E-state index in [0.717, 1.165) is 11.3 Å². The molecule has 0 radical (unpaired) electrons. The SMILES string of the molecule is O=C1OC(CCOc2ccccc2)=N/C1=C/c1cccnc1. The van der Waals surface area contributed by atoms with Gasteiger partial charge in [-0.05, 0) is 29.8 Å². The van der Waals surface area contributed by atoms with Crippen molar-refractivity contribution in [2.45, 2.75) is 6.42 Å². The highest BCUT2D eigenvalue weighted by molar-refractivity contribution is 6.07. The standard InChI is InChI=1S/C17H14N2O3/c20-17-15(11-13-5-4-9-18-12-13)19-16(22-17)8-10-21-14-6-2-1-3-7-14/h1-7,9,11-12H,8,10H2/b15-11+. The Hall–Kier alpha value is -2.95. The zero-order valence-electron chi connectivity index (χ0n) is 11.8. The van der Waals surface area contributed by atoms with Gasteiger partial charge in [0.2, 0.25) is 5.90 Å². The van der Waals surface area contributed by atoms with Crippen LogP contribution in [-0.4, -0.2) is 23.5 Å². The largest absolute Gasteiger partial charge is 0.493 e. The van der Waals surface area contributed by atoms with Crippen LogP contribution in [0.15, 0.2) is 65.5 Å². The van der Waals surface area contributed by atoms with Crippen molar-refractivity contribution in [3.63, 3.8) is 0 Å². The van der Waals surface area contributed by atoms with E-state index in [4.69, 9.17) is 9.47 Å². The number of carbonyl (C=O) groups excluding carboxylic acids is 1. The van der Waals surface area contributed by atoms with Gasteiger partial charge >= 0.3 is 5.97 Å². The Balaban J connectivity index is 1.60. The molecule has 1 aliphatic heterocycles. The van der Waals surface area contributed by atoms with Gasteiger partial charge < -0.3 is 9.47 Å². The zero-order valence-corrected chi connectivity index (χ0v) is 11.8. The molecule has 2 heterocycles. The van der Waals surface area contributed by atoms with Crippen molar-refractivity contribution in [2.75, 3.05) is 6.61 Å². The molecule has 1 aliphatic rings. The minimum absolute atomic E-state index is 0.280. The molecule has 0 saturated carbocycles. The van der Waals surface area contributed by atoms with Crippen LogP contribution in [0.4, 0.5) is 0 Å².